The van der Waals surface area contributed by atoms with E-state index in [-0.39, 0.29) is 12.1 Å². The van der Waals surface area contributed by atoms with E-state index < -0.39 is 0 Å². The molecule has 1 spiro atoms. The van der Waals surface area contributed by atoms with Crippen molar-refractivity contribution < 1.29 is 5.11 Å². The van der Waals surface area contributed by atoms with Crippen molar-refractivity contribution in [3.8, 4) is 0 Å². The molecule has 1 atom stereocenters. The van der Waals surface area contributed by atoms with Crippen molar-refractivity contribution in [2.45, 2.75) is 57.5 Å². The van der Waals surface area contributed by atoms with Crippen LogP contribution in [0.3, 0.4) is 0 Å². The predicted octanol–water partition coefficient (Wildman–Crippen LogP) is 1.68. The standard InChI is InChI=1S/C11H21NO/c1-10(2,8-13)12-9-4-7-11(9)5-3-6-11/h9,12-13H,3-8H2,1-2H3. The Hall–Kier alpha value is -0.0800. The van der Waals surface area contributed by atoms with Crippen LogP contribution in [0, 0.1) is 5.41 Å². The van der Waals surface area contributed by atoms with Crippen LogP contribution in [0.2, 0.25) is 0 Å². The van der Waals surface area contributed by atoms with Gasteiger partial charge in [0, 0.05) is 11.6 Å². The maximum Gasteiger partial charge on any atom is 0.0607 e. The van der Waals surface area contributed by atoms with Gasteiger partial charge in [0.2, 0.25) is 0 Å². The fourth-order valence-corrected chi connectivity index (χ4v) is 2.67. The van der Waals surface area contributed by atoms with E-state index in [2.05, 4.69) is 19.2 Å². The van der Waals surface area contributed by atoms with E-state index in [0.29, 0.717) is 11.5 Å². The van der Waals surface area contributed by atoms with Gasteiger partial charge in [-0.3, -0.25) is 0 Å². The minimum Gasteiger partial charge on any atom is -0.394 e. The van der Waals surface area contributed by atoms with Crippen LogP contribution < -0.4 is 5.32 Å². The van der Waals surface area contributed by atoms with Crippen LogP contribution in [0.1, 0.15) is 46.0 Å². The van der Waals surface area contributed by atoms with Gasteiger partial charge in [0.25, 0.3) is 0 Å². The Balaban J connectivity index is 1.89. The average Bonchev–Trinajstić information content (AvgIpc) is 1.96. The lowest BCUT2D eigenvalue weighted by atomic mass is 9.53. The highest BCUT2D eigenvalue weighted by Gasteiger charge is 2.51. The lowest BCUT2D eigenvalue weighted by Gasteiger charge is -2.58. The lowest BCUT2D eigenvalue weighted by Crippen LogP contribution is -2.62. The summed E-state index contributed by atoms with van der Waals surface area (Å²) < 4.78 is 0. The number of aliphatic hydroxyl groups is 1. The molecule has 2 N–H and O–H groups in total. The predicted molar refractivity (Wildman–Crippen MR) is 53.6 cm³/mol. The van der Waals surface area contributed by atoms with E-state index in [0.717, 1.165) is 0 Å². The van der Waals surface area contributed by atoms with Crippen molar-refractivity contribution in [1.82, 2.24) is 5.32 Å². The van der Waals surface area contributed by atoms with E-state index in [1.165, 1.54) is 32.1 Å². The zero-order chi connectivity index (χ0) is 9.53. The second-order valence-electron chi connectivity index (χ2n) is 5.49. The van der Waals surface area contributed by atoms with E-state index >= 15 is 0 Å². The first kappa shape index (κ1) is 9.47. The summed E-state index contributed by atoms with van der Waals surface area (Å²) in [5, 5.41) is 12.7. The van der Waals surface area contributed by atoms with Crippen LogP contribution in [0.15, 0.2) is 0 Å². The molecule has 76 valence electrons. The molecule has 2 aliphatic rings. The quantitative estimate of drug-likeness (QED) is 0.697. The number of aliphatic hydroxyl groups excluding tert-OH is 1. The van der Waals surface area contributed by atoms with E-state index in [1.807, 2.05) is 0 Å². The van der Waals surface area contributed by atoms with Crippen molar-refractivity contribution in [3.05, 3.63) is 0 Å². The molecule has 2 saturated carbocycles. The van der Waals surface area contributed by atoms with Crippen LogP contribution >= 0.6 is 0 Å². The second-order valence-corrected chi connectivity index (χ2v) is 5.49. The minimum absolute atomic E-state index is 0.0896. The van der Waals surface area contributed by atoms with Gasteiger partial charge in [-0.1, -0.05) is 6.42 Å². The summed E-state index contributed by atoms with van der Waals surface area (Å²) in [6, 6.07) is 0.684. The molecule has 0 amide bonds. The highest BCUT2D eigenvalue weighted by Crippen LogP contribution is 2.56. The van der Waals surface area contributed by atoms with Gasteiger partial charge in [-0.25, -0.2) is 0 Å². The number of rotatable bonds is 3. The first-order chi connectivity index (χ1) is 6.08. The topological polar surface area (TPSA) is 32.3 Å². The molecule has 2 aliphatic carbocycles. The van der Waals surface area contributed by atoms with Gasteiger partial charge in [-0.2, -0.15) is 0 Å². The smallest absolute Gasteiger partial charge is 0.0607 e. The molecule has 2 rings (SSSR count). The van der Waals surface area contributed by atoms with Gasteiger partial charge in [-0.05, 0) is 44.9 Å². The van der Waals surface area contributed by atoms with E-state index in [9.17, 15) is 0 Å². The van der Waals surface area contributed by atoms with Gasteiger partial charge in [0.05, 0.1) is 6.61 Å². The third-order valence-electron chi connectivity index (χ3n) is 3.98. The monoisotopic (exact) mass is 183 g/mol. The summed E-state index contributed by atoms with van der Waals surface area (Å²) in [5.41, 5.74) is 0.556. The van der Waals surface area contributed by atoms with Crippen molar-refractivity contribution in [2.75, 3.05) is 6.61 Å². The van der Waals surface area contributed by atoms with Gasteiger partial charge in [-0.15, -0.1) is 0 Å². The third kappa shape index (κ3) is 1.50. The SMILES string of the molecule is CC(C)(CO)NC1CCC12CCC2. The molecule has 1 unspecified atom stereocenters. The summed E-state index contributed by atoms with van der Waals surface area (Å²) in [4.78, 5) is 0. The first-order valence-corrected chi connectivity index (χ1v) is 5.47. The lowest BCUT2D eigenvalue weighted by molar-refractivity contribution is -0.0351. The van der Waals surface area contributed by atoms with Crippen LogP contribution in [-0.2, 0) is 0 Å². The fourth-order valence-electron chi connectivity index (χ4n) is 2.67. The fraction of sp³-hybridized carbons (Fsp3) is 1.00. The molecular weight excluding hydrogens is 162 g/mol. The molecule has 0 saturated heterocycles. The third-order valence-corrected chi connectivity index (χ3v) is 3.98. The minimum atomic E-state index is -0.0896. The zero-order valence-electron chi connectivity index (χ0n) is 8.77. The summed E-state index contributed by atoms with van der Waals surface area (Å²) in [6.45, 7) is 4.40. The molecule has 2 fully saturated rings. The van der Waals surface area contributed by atoms with Gasteiger partial charge >= 0.3 is 0 Å². The Morgan fingerprint density at radius 2 is 2.08 bits per heavy atom. The number of hydrogen-bond donors (Lipinski definition) is 2. The molecule has 0 aliphatic heterocycles. The highest BCUT2D eigenvalue weighted by atomic mass is 16.3. The second kappa shape index (κ2) is 2.96. The average molecular weight is 183 g/mol. The van der Waals surface area contributed by atoms with Gasteiger partial charge < -0.3 is 10.4 Å². The summed E-state index contributed by atoms with van der Waals surface area (Å²) in [5.74, 6) is 0. The molecule has 0 radical (unpaired) electrons. The van der Waals surface area contributed by atoms with Gasteiger partial charge in [0.15, 0.2) is 0 Å². The molecule has 2 nitrogen and oxygen atoms in total. The Bertz CT molecular complexity index is 191. The van der Waals surface area contributed by atoms with Crippen LogP contribution in [0.25, 0.3) is 0 Å². The first-order valence-electron chi connectivity index (χ1n) is 5.47. The molecule has 0 aromatic rings. The molecule has 0 bridgehead atoms. The van der Waals surface area contributed by atoms with E-state index in [1.54, 1.807) is 0 Å². The number of nitrogens with one attached hydrogen (secondary N) is 1. The van der Waals surface area contributed by atoms with Crippen LogP contribution in [-0.4, -0.2) is 23.3 Å². The molecule has 0 aromatic heterocycles. The molecular formula is C11H21NO. The maximum absolute atomic E-state index is 9.16. The summed E-state index contributed by atoms with van der Waals surface area (Å²) in [6.07, 6.45) is 6.95. The largest absolute Gasteiger partial charge is 0.394 e. The number of hydrogen-bond acceptors (Lipinski definition) is 2. The molecule has 13 heavy (non-hydrogen) atoms. The van der Waals surface area contributed by atoms with Crippen molar-refractivity contribution in [1.29, 1.82) is 0 Å². The Morgan fingerprint density at radius 3 is 2.38 bits per heavy atom. The molecule has 2 heteroatoms. The Morgan fingerprint density at radius 1 is 1.38 bits per heavy atom. The Kier molecular flexibility index (Phi) is 2.16. The molecule has 0 aromatic carbocycles. The van der Waals surface area contributed by atoms with E-state index in [4.69, 9.17) is 5.11 Å². The van der Waals surface area contributed by atoms with Crippen molar-refractivity contribution >= 4 is 0 Å². The summed E-state index contributed by atoms with van der Waals surface area (Å²) >= 11 is 0. The van der Waals surface area contributed by atoms with Gasteiger partial charge in [0.1, 0.15) is 0 Å². The zero-order valence-corrected chi connectivity index (χ0v) is 8.77. The van der Waals surface area contributed by atoms with Crippen molar-refractivity contribution in [3.63, 3.8) is 0 Å². The highest BCUT2D eigenvalue weighted by molar-refractivity contribution is 5.06. The maximum atomic E-state index is 9.16. The normalized spacial score (nSPS) is 31.2. The molecule has 0 heterocycles. The van der Waals surface area contributed by atoms with Crippen LogP contribution in [0.4, 0.5) is 0 Å². The van der Waals surface area contributed by atoms with Crippen molar-refractivity contribution in [2.24, 2.45) is 5.41 Å². The van der Waals surface area contributed by atoms with Crippen LogP contribution in [0.5, 0.6) is 0 Å². The Labute approximate surface area is 80.7 Å². The summed E-state index contributed by atoms with van der Waals surface area (Å²) in [7, 11) is 0.